The maximum atomic E-state index is 11.8. The van der Waals surface area contributed by atoms with Gasteiger partial charge in [-0.2, -0.15) is 26.3 Å². The Labute approximate surface area is 77.0 Å². The molecule has 0 rings (SSSR count). The maximum absolute atomic E-state index is 11.8. The standard InChI is InChI=1S/C7H9F6N/c1-2-3-14(4-6(8,9)10)5-7(11,12)13/h2H,1,3-5H2. The number of alkyl halides is 6. The van der Waals surface area contributed by atoms with Gasteiger partial charge in [-0.05, 0) is 0 Å². The van der Waals surface area contributed by atoms with Gasteiger partial charge < -0.3 is 0 Å². The number of hydrogen-bond acceptors (Lipinski definition) is 1. The molecule has 14 heavy (non-hydrogen) atoms. The Morgan fingerprint density at radius 1 is 0.929 bits per heavy atom. The van der Waals surface area contributed by atoms with Crippen LogP contribution in [0.15, 0.2) is 12.7 Å². The van der Waals surface area contributed by atoms with Crippen molar-refractivity contribution in [1.29, 1.82) is 0 Å². The molecule has 1 nitrogen and oxygen atoms in total. The van der Waals surface area contributed by atoms with Crippen LogP contribution < -0.4 is 0 Å². The van der Waals surface area contributed by atoms with E-state index in [-0.39, 0.29) is 4.90 Å². The SMILES string of the molecule is C=CCN(CC(F)(F)F)CC(F)(F)F. The summed E-state index contributed by atoms with van der Waals surface area (Å²) < 4.78 is 70.6. The number of halogens is 6. The summed E-state index contributed by atoms with van der Waals surface area (Å²) in [6, 6.07) is 0. The topological polar surface area (TPSA) is 3.24 Å². The molecule has 0 radical (unpaired) electrons. The average Bonchev–Trinajstić information content (AvgIpc) is 1.78. The van der Waals surface area contributed by atoms with E-state index >= 15 is 0 Å². The fraction of sp³-hybridized carbons (Fsp3) is 0.714. The molecular formula is C7H9F6N. The molecular weight excluding hydrogens is 212 g/mol. The van der Waals surface area contributed by atoms with Crippen molar-refractivity contribution in [3.05, 3.63) is 12.7 Å². The molecule has 0 aliphatic rings. The van der Waals surface area contributed by atoms with Gasteiger partial charge in [-0.3, -0.25) is 4.90 Å². The van der Waals surface area contributed by atoms with Crippen LogP contribution in [0.4, 0.5) is 26.3 Å². The first-order valence-corrected chi connectivity index (χ1v) is 3.61. The third-order valence-electron chi connectivity index (χ3n) is 1.19. The molecule has 0 aliphatic carbocycles. The van der Waals surface area contributed by atoms with Crippen LogP contribution in [-0.4, -0.2) is 36.9 Å². The lowest BCUT2D eigenvalue weighted by Gasteiger charge is -2.23. The largest absolute Gasteiger partial charge is 0.401 e. The van der Waals surface area contributed by atoms with Crippen molar-refractivity contribution in [2.45, 2.75) is 12.4 Å². The minimum atomic E-state index is -4.63. The van der Waals surface area contributed by atoms with E-state index in [4.69, 9.17) is 0 Å². The minimum Gasteiger partial charge on any atom is -0.283 e. The summed E-state index contributed by atoms with van der Waals surface area (Å²) >= 11 is 0. The summed E-state index contributed by atoms with van der Waals surface area (Å²) in [5, 5.41) is 0. The summed E-state index contributed by atoms with van der Waals surface area (Å²) in [6.07, 6.45) is -8.26. The zero-order valence-electron chi connectivity index (χ0n) is 7.12. The molecule has 0 atom stereocenters. The molecule has 0 aliphatic heterocycles. The van der Waals surface area contributed by atoms with E-state index in [1.54, 1.807) is 0 Å². The second-order valence-electron chi connectivity index (χ2n) is 2.69. The molecule has 0 fully saturated rings. The summed E-state index contributed by atoms with van der Waals surface area (Å²) in [7, 11) is 0. The highest BCUT2D eigenvalue weighted by Gasteiger charge is 2.36. The molecule has 0 heterocycles. The van der Waals surface area contributed by atoms with Crippen LogP contribution in [0.5, 0.6) is 0 Å². The lowest BCUT2D eigenvalue weighted by Crippen LogP contribution is -2.40. The van der Waals surface area contributed by atoms with Crippen molar-refractivity contribution in [3.63, 3.8) is 0 Å². The fourth-order valence-corrected chi connectivity index (χ4v) is 0.875. The zero-order chi connectivity index (χ0) is 11.4. The molecule has 0 saturated heterocycles. The molecule has 7 heteroatoms. The first kappa shape index (κ1) is 13.3. The van der Waals surface area contributed by atoms with Crippen LogP contribution in [0, 0.1) is 0 Å². The van der Waals surface area contributed by atoms with Crippen molar-refractivity contribution >= 4 is 0 Å². The average molecular weight is 221 g/mol. The molecule has 0 bridgehead atoms. The van der Waals surface area contributed by atoms with Gasteiger partial charge in [0.15, 0.2) is 0 Å². The predicted molar refractivity (Wildman–Crippen MR) is 38.7 cm³/mol. The van der Waals surface area contributed by atoms with Gasteiger partial charge in [-0.1, -0.05) is 6.08 Å². The summed E-state index contributed by atoms with van der Waals surface area (Å²) in [5.41, 5.74) is 0. The van der Waals surface area contributed by atoms with Crippen LogP contribution in [0.2, 0.25) is 0 Å². The highest BCUT2D eigenvalue weighted by atomic mass is 19.4. The van der Waals surface area contributed by atoms with E-state index in [1.807, 2.05) is 0 Å². The number of nitrogens with zero attached hydrogens (tertiary/aromatic N) is 1. The smallest absolute Gasteiger partial charge is 0.283 e. The van der Waals surface area contributed by atoms with E-state index in [1.165, 1.54) is 0 Å². The Hall–Kier alpha value is -0.720. The van der Waals surface area contributed by atoms with E-state index in [9.17, 15) is 26.3 Å². The normalized spacial score (nSPS) is 13.4. The Balaban J connectivity index is 4.23. The molecule has 0 aromatic heterocycles. The van der Waals surface area contributed by atoms with E-state index in [2.05, 4.69) is 6.58 Å². The Morgan fingerprint density at radius 2 is 1.29 bits per heavy atom. The molecule has 0 spiro atoms. The lowest BCUT2D eigenvalue weighted by atomic mass is 10.4. The van der Waals surface area contributed by atoms with Gasteiger partial charge in [0, 0.05) is 6.54 Å². The molecule has 0 aromatic carbocycles. The highest BCUT2D eigenvalue weighted by Crippen LogP contribution is 2.21. The predicted octanol–water partition coefficient (Wildman–Crippen LogP) is 2.60. The lowest BCUT2D eigenvalue weighted by molar-refractivity contribution is -0.178. The van der Waals surface area contributed by atoms with E-state index in [0.717, 1.165) is 6.08 Å². The van der Waals surface area contributed by atoms with Crippen LogP contribution in [-0.2, 0) is 0 Å². The minimum absolute atomic E-state index is 0.229. The van der Waals surface area contributed by atoms with E-state index < -0.39 is 32.0 Å². The van der Waals surface area contributed by atoms with Crippen LogP contribution in [0.25, 0.3) is 0 Å². The first-order chi connectivity index (χ1) is 6.14. The summed E-state index contributed by atoms with van der Waals surface area (Å²) in [6.45, 7) is -0.531. The van der Waals surface area contributed by atoms with Crippen molar-refractivity contribution in [1.82, 2.24) is 4.90 Å². The van der Waals surface area contributed by atoms with Crippen LogP contribution >= 0.6 is 0 Å². The van der Waals surface area contributed by atoms with Gasteiger partial charge in [0.2, 0.25) is 0 Å². The monoisotopic (exact) mass is 221 g/mol. The molecule has 0 unspecified atom stereocenters. The van der Waals surface area contributed by atoms with Gasteiger partial charge in [-0.15, -0.1) is 6.58 Å². The van der Waals surface area contributed by atoms with E-state index in [0.29, 0.717) is 0 Å². The molecule has 84 valence electrons. The second-order valence-corrected chi connectivity index (χ2v) is 2.69. The Morgan fingerprint density at radius 3 is 1.50 bits per heavy atom. The molecule has 0 amide bonds. The summed E-state index contributed by atoms with van der Waals surface area (Å²) in [5.74, 6) is 0. The van der Waals surface area contributed by atoms with Crippen LogP contribution in [0.1, 0.15) is 0 Å². The molecule has 0 aromatic rings. The quantitative estimate of drug-likeness (QED) is 0.521. The first-order valence-electron chi connectivity index (χ1n) is 3.61. The van der Waals surface area contributed by atoms with Gasteiger partial charge in [-0.25, -0.2) is 0 Å². The Bertz CT molecular complexity index is 166. The summed E-state index contributed by atoms with van der Waals surface area (Å²) in [4.78, 5) is 0.229. The third-order valence-corrected chi connectivity index (χ3v) is 1.19. The Kier molecular flexibility index (Phi) is 4.44. The fourth-order valence-electron chi connectivity index (χ4n) is 0.875. The van der Waals surface area contributed by atoms with Crippen molar-refractivity contribution < 1.29 is 26.3 Å². The molecule has 0 N–H and O–H groups in total. The number of hydrogen-bond donors (Lipinski definition) is 0. The second kappa shape index (κ2) is 4.68. The highest BCUT2D eigenvalue weighted by molar-refractivity contribution is 4.77. The number of rotatable bonds is 4. The van der Waals surface area contributed by atoms with Gasteiger partial charge in [0.25, 0.3) is 0 Å². The third kappa shape index (κ3) is 7.90. The van der Waals surface area contributed by atoms with Crippen LogP contribution in [0.3, 0.4) is 0 Å². The van der Waals surface area contributed by atoms with Crippen molar-refractivity contribution in [2.75, 3.05) is 19.6 Å². The maximum Gasteiger partial charge on any atom is 0.401 e. The van der Waals surface area contributed by atoms with Crippen molar-refractivity contribution in [2.24, 2.45) is 0 Å². The molecule has 0 saturated carbocycles. The van der Waals surface area contributed by atoms with Gasteiger partial charge >= 0.3 is 12.4 Å². The van der Waals surface area contributed by atoms with Gasteiger partial charge in [0.1, 0.15) is 0 Å². The zero-order valence-corrected chi connectivity index (χ0v) is 7.12. The van der Waals surface area contributed by atoms with Crippen molar-refractivity contribution in [3.8, 4) is 0 Å². The van der Waals surface area contributed by atoms with Gasteiger partial charge in [0.05, 0.1) is 13.1 Å².